The summed E-state index contributed by atoms with van der Waals surface area (Å²) in [4.78, 5) is 29.1. The van der Waals surface area contributed by atoms with E-state index in [4.69, 9.17) is 4.74 Å². The van der Waals surface area contributed by atoms with E-state index in [1.165, 1.54) is 17.0 Å². The minimum Gasteiger partial charge on any atom is -0.406 e. The van der Waals surface area contributed by atoms with Crippen molar-refractivity contribution in [3.63, 3.8) is 0 Å². The van der Waals surface area contributed by atoms with Crippen molar-refractivity contribution in [2.24, 2.45) is 0 Å². The zero-order valence-corrected chi connectivity index (χ0v) is 18.3. The average Bonchev–Trinajstić information content (AvgIpc) is 2.69. The van der Waals surface area contributed by atoms with Gasteiger partial charge in [-0.3, -0.25) is 9.59 Å². The Hall–Kier alpha value is -2.37. The predicted octanol–water partition coefficient (Wildman–Crippen LogP) is -1.06. The van der Waals surface area contributed by atoms with Gasteiger partial charge in [0.25, 0.3) is 11.8 Å². The molecule has 3 N–H and O–H groups in total. The zero-order valence-electron chi connectivity index (χ0n) is 18.3. The maximum absolute atomic E-state index is 12.6. The van der Waals surface area contributed by atoms with Crippen LogP contribution in [0.4, 0.5) is 18.9 Å². The molecule has 0 radical (unpaired) electrons. The molecule has 0 aromatic heterocycles. The SMILES string of the molecule is CC1CN(C(=O)C[NH+]2CC[NH+](CC(=O)Nc3ccc(OC(F)(F)F)cc3)CC2)CC(C)O1. The van der Waals surface area contributed by atoms with Gasteiger partial charge in [0.05, 0.1) is 12.2 Å². The third-order valence-electron chi connectivity index (χ3n) is 5.62. The summed E-state index contributed by atoms with van der Waals surface area (Å²) < 4.78 is 46.1. The summed E-state index contributed by atoms with van der Waals surface area (Å²) in [5, 5.41) is 2.70. The number of carbonyl (C=O) groups is 2. The summed E-state index contributed by atoms with van der Waals surface area (Å²) in [6, 6.07) is 5.06. The largest absolute Gasteiger partial charge is 0.573 e. The Balaban J connectivity index is 1.38. The van der Waals surface area contributed by atoms with Crippen LogP contribution < -0.4 is 19.9 Å². The number of ether oxygens (including phenoxy) is 2. The molecule has 2 fully saturated rings. The summed E-state index contributed by atoms with van der Waals surface area (Å²) >= 11 is 0. The van der Waals surface area contributed by atoms with E-state index >= 15 is 0 Å². The number of anilines is 1. The normalized spacial score (nSPS) is 26.5. The molecule has 2 amide bonds. The summed E-state index contributed by atoms with van der Waals surface area (Å²) in [6.45, 7) is 9.04. The number of benzene rings is 1. The highest BCUT2D eigenvalue weighted by atomic mass is 19.4. The third kappa shape index (κ3) is 7.64. The van der Waals surface area contributed by atoms with Gasteiger partial charge in [-0.25, -0.2) is 0 Å². The lowest BCUT2D eigenvalue weighted by Crippen LogP contribution is -3.28. The van der Waals surface area contributed by atoms with Gasteiger partial charge >= 0.3 is 6.36 Å². The highest BCUT2D eigenvalue weighted by molar-refractivity contribution is 5.91. The molecule has 2 heterocycles. The third-order valence-corrected chi connectivity index (χ3v) is 5.62. The van der Waals surface area contributed by atoms with Gasteiger partial charge in [0.2, 0.25) is 0 Å². The summed E-state index contributed by atoms with van der Waals surface area (Å²) in [5.74, 6) is -0.405. The van der Waals surface area contributed by atoms with E-state index < -0.39 is 6.36 Å². The first-order valence-electron chi connectivity index (χ1n) is 10.8. The second-order valence-electron chi connectivity index (χ2n) is 8.53. The van der Waals surface area contributed by atoms with Gasteiger partial charge in [0, 0.05) is 18.8 Å². The molecule has 2 atom stereocenters. The first kappa shape index (κ1) is 24.3. The number of morpholine rings is 1. The number of rotatable bonds is 6. The van der Waals surface area contributed by atoms with E-state index in [-0.39, 0.29) is 36.3 Å². The first-order chi connectivity index (χ1) is 15.1. The Morgan fingerprint density at radius 3 is 2.09 bits per heavy atom. The number of hydrogen-bond donors (Lipinski definition) is 3. The van der Waals surface area contributed by atoms with Crippen molar-refractivity contribution in [3.8, 4) is 5.75 Å². The number of alkyl halides is 3. The maximum Gasteiger partial charge on any atom is 0.573 e. The molecule has 2 saturated heterocycles. The van der Waals surface area contributed by atoms with Crippen molar-refractivity contribution in [1.82, 2.24) is 4.90 Å². The molecule has 3 rings (SSSR count). The zero-order chi connectivity index (χ0) is 23.3. The number of carbonyl (C=O) groups excluding carboxylic acids is 2. The van der Waals surface area contributed by atoms with Gasteiger partial charge < -0.3 is 29.5 Å². The molecule has 2 unspecified atom stereocenters. The van der Waals surface area contributed by atoms with Crippen LogP contribution in [-0.4, -0.2) is 87.6 Å². The molecule has 0 spiro atoms. The monoisotopic (exact) mass is 460 g/mol. The van der Waals surface area contributed by atoms with Gasteiger partial charge in [-0.1, -0.05) is 0 Å². The van der Waals surface area contributed by atoms with Crippen LogP contribution in [0.2, 0.25) is 0 Å². The number of nitrogens with zero attached hydrogens (tertiary/aromatic N) is 1. The van der Waals surface area contributed by atoms with E-state index in [1.807, 2.05) is 18.7 Å². The average molecular weight is 460 g/mol. The maximum atomic E-state index is 12.6. The molecule has 32 heavy (non-hydrogen) atoms. The molecule has 8 nitrogen and oxygen atoms in total. The predicted molar refractivity (Wildman–Crippen MR) is 109 cm³/mol. The van der Waals surface area contributed by atoms with E-state index in [1.54, 1.807) is 0 Å². The van der Waals surface area contributed by atoms with Crippen molar-refractivity contribution in [2.45, 2.75) is 32.4 Å². The minimum absolute atomic E-state index is 0.0471. The van der Waals surface area contributed by atoms with Crippen LogP contribution in [-0.2, 0) is 14.3 Å². The lowest BCUT2D eigenvalue weighted by molar-refractivity contribution is -1.00. The second-order valence-corrected chi connectivity index (χ2v) is 8.53. The lowest BCUT2D eigenvalue weighted by atomic mass is 10.2. The summed E-state index contributed by atoms with van der Waals surface area (Å²) in [7, 11) is 0. The van der Waals surface area contributed by atoms with Crippen molar-refractivity contribution >= 4 is 17.5 Å². The quantitative estimate of drug-likeness (QED) is 0.506. The minimum atomic E-state index is -4.75. The Labute approximate surface area is 185 Å². The van der Waals surface area contributed by atoms with Gasteiger partial charge in [-0.2, -0.15) is 0 Å². The van der Waals surface area contributed by atoms with Crippen LogP contribution in [0.25, 0.3) is 0 Å². The van der Waals surface area contributed by atoms with Crippen molar-refractivity contribution in [2.75, 3.05) is 57.7 Å². The highest BCUT2D eigenvalue weighted by Crippen LogP contribution is 2.23. The Morgan fingerprint density at radius 2 is 1.56 bits per heavy atom. The van der Waals surface area contributed by atoms with Crippen molar-refractivity contribution in [3.05, 3.63) is 24.3 Å². The van der Waals surface area contributed by atoms with Gasteiger partial charge in [0.1, 0.15) is 31.9 Å². The number of amides is 2. The summed E-state index contributed by atoms with van der Waals surface area (Å²) in [6.07, 6.45) is -4.65. The van der Waals surface area contributed by atoms with E-state index in [0.717, 1.165) is 43.2 Å². The molecule has 1 aromatic rings. The second kappa shape index (κ2) is 10.5. The fraction of sp³-hybridized carbons (Fsp3) is 0.619. The summed E-state index contributed by atoms with van der Waals surface area (Å²) in [5.41, 5.74) is 0.410. The van der Waals surface area contributed by atoms with Crippen LogP contribution in [0.1, 0.15) is 13.8 Å². The fourth-order valence-corrected chi connectivity index (χ4v) is 4.19. The van der Waals surface area contributed by atoms with E-state index in [9.17, 15) is 22.8 Å². The highest BCUT2D eigenvalue weighted by Gasteiger charge is 2.32. The lowest BCUT2D eigenvalue weighted by Gasteiger charge is -2.36. The molecular formula is C21H31F3N4O4+2. The van der Waals surface area contributed by atoms with Gasteiger partial charge in [-0.15, -0.1) is 13.2 Å². The molecule has 11 heteroatoms. The van der Waals surface area contributed by atoms with E-state index in [0.29, 0.717) is 25.3 Å². The van der Waals surface area contributed by atoms with Crippen molar-refractivity contribution < 1.29 is 42.0 Å². The van der Waals surface area contributed by atoms with Crippen LogP contribution >= 0.6 is 0 Å². The van der Waals surface area contributed by atoms with Gasteiger partial charge in [0.15, 0.2) is 13.1 Å². The molecule has 0 aliphatic carbocycles. The van der Waals surface area contributed by atoms with Crippen LogP contribution in [0, 0.1) is 0 Å². The number of quaternary nitrogens is 2. The Bertz CT molecular complexity index is 772. The number of hydrogen-bond acceptors (Lipinski definition) is 4. The molecule has 178 valence electrons. The van der Waals surface area contributed by atoms with Crippen LogP contribution in [0.3, 0.4) is 0 Å². The fourth-order valence-electron chi connectivity index (χ4n) is 4.19. The standard InChI is InChI=1S/C21H29F3N4O4/c1-15-11-28(12-16(2)31-15)20(30)14-27-9-7-26(8-10-27)13-19(29)25-17-3-5-18(6-4-17)32-21(22,23)24/h3-6,15-16H,7-14H2,1-2H3,(H,25,29)/p+2. The van der Waals surface area contributed by atoms with E-state index in [2.05, 4.69) is 10.1 Å². The van der Waals surface area contributed by atoms with Crippen LogP contribution in [0.15, 0.2) is 24.3 Å². The molecule has 1 aromatic carbocycles. The molecule has 2 aliphatic heterocycles. The first-order valence-corrected chi connectivity index (χ1v) is 10.8. The number of nitrogens with one attached hydrogen (secondary N) is 3. The molecule has 2 aliphatic rings. The number of piperazine rings is 1. The Kier molecular flexibility index (Phi) is 7.96. The van der Waals surface area contributed by atoms with Crippen molar-refractivity contribution in [1.29, 1.82) is 0 Å². The molecule has 0 bridgehead atoms. The topological polar surface area (TPSA) is 76.8 Å². The van der Waals surface area contributed by atoms with Gasteiger partial charge in [-0.05, 0) is 38.1 Å². The molecular weight excluding hydrogens is 429 g/mol. The van der Waals surface area contributed by atoms with Crippen LogP contribution in [0.5, 0.6) is 5.75 Å². The number of halogens is 3. The Morgan fingerprint density at radius 1 is 1.03 bits per heavy atom. The smallest absolute Gasteiger partial charge is 0.406 e. The molecule has 0 saturated carbocycles.